The van der Waals surface area contributed by atoms with E-state index in [4.69, 9.17) is 5.73 Å². The molecule has 0 saturated heterocycles. The van der Waals surface area contributed by atoms with Gasteiger partial charge in [-0.25, -0.2) is 0 Å². The number of halogens is 1. The van der Waals surface area contributed by atoms with Crippen LogP contribution in [0.5, 0.6) is 0 Å². The monoisotopic (exact) mass is 299 g/mol. The van der Waals surface area contributed by atoms with Crippen LogP contribution in [0.25, 0.3) is 0 Å². The molecule has 3 nitrogen and oxygen atoms in total. The first-order valence-corrected chi connectivity index (χ1v) is 5.80. The molecule has 0 aliphatic rings. The minimum Gasteiger partial charge on any atom is -0.469 e. The molecule has 0 radical (unpaired) electrons. The van der Waals surface area contributed by atoms with Crippen LogP contribution in [-0.4, -0.2) is 17.1 Å². The Morgan fingerprint density at radius 3 is 2.46 bits per heavy atom. The fourth-order valence-electron chi connectivity index (χ4n) is 1.11. The maximum atomic E-state index is 11.0. The van der Waals surface area contributed by atoms with Gasteiger partial charge in [0, 0.05) is 0 Å². The normalized spacial score (nSPS) is 15.1. The number of hydrogen-bond acceptors (Lipinski definition) is 3. The third-order valence-electron chi connectivity index (χ3n) is 1.97. The largest absolute Gasteiger partial charge is 0.469 e. The van der Waals surface area contributed by atoms with Crippen molar-refractivity contribution in [3.05, 3.63) is 0 Å². The van der Waals surface area contributed by atoms with E-state index in [0.29, 0.717) is 0 Å². The summed E-state index contributed by atoms with van der Waals surface area (Å²) >= 11 is 2.21. The van der Waals surface area contributed by atoms with Crippen LogP contribution >= 0.6 is 22.6 Å². The van der Waals surface area contributed by atoms with Crippen molar-refractivity contribution >= 4 is 28.6 Å². The first kappa shape index (κ1) is 13.2. The van der Waals surface area contributed by atoms with E-state index < -0.39 is 0 Å². The minimum absolute atomic E-state index is 0.0236. The molecule has 0 aliphatic carbocycles. The second kappa shape index (κ2) is 7.55. The fourth-order valence-corrected chi connectivity index (χ4v) is 1.55. The summed E-state index contributed by atoms with van der Waals surface area (Å²) in [5.41, 5.74) is 5.59. The molecule has 0 amide bonds. The Morgan fingerprint density at radius 2 is 2.00 bits per heavy atom. The van der Waals surface area contributed by atoms with Gasteiger partial charge in [-0.3, -0.25) is 4.79 Å². The molecule has 0 aromatic carbocycles. The number of ether oxygens (including phenoxy) is 1. The second-order valence-corrected chi connectivity index (χ2v) is 4.82. The number of carbonyl (C=O) groups excluding carboxylic acids is 1. The zero-order chi connectivity index (χ0) is 10.3. The highest BCUT2D eigenvalue weighted by Crippen LogP contribution is 2.12. The highest BCUT2D eigenvalue weighted by Gasteiger charge is 2.11. The maximum absolute atomic E-state index is 11.0. The SMILES string of the molecule is COC(=O)[C@@H](C)CCCCC(N)I. The number of methoxy groups -OCH3 is 1. The summed E-state index contributed by atoms with van der Waals surface area (Å²) in [6.45, 7) is 1.90. The Hall–Kier alpha value is 0.160. The Labute approximate surface area is 93.5 Å². The van der Waals surface area contributed by atoms with Crippen molar-refractivity contribution in [1.82, 2.24) is 0 Å². The standard InChI is InChI=1S/C9H18INO2/c1-7(9(12)13-2)5-3-4-6-8(10)11/h7-8H,3-6,11H2,1-2H3/t7-,8?/m0/s1. The highest BCUT2D eigenvalue weighted by molar-refractivity contribution is 14.1. The summed E-state index contributed by atoms with van der Waals surface area (Å²) in [4.78, 5) is 11.0. The van der Waals surface area contributed by atoms with E-state index in [1.54, 1.807) is 0 Å². The third kappa shape index (κ3) is 7.25. The van der Waals surface area contributed by atoms with Gasteiger partial charge >= 0.3 is 5.97 Å². The second-order valence-electron chi connectivity index (χ2n) is 3.22. The van der Waals surface area contributed by atoms with Gasteiger partial charge in [0.15, 0.2) is 0 Å². The average Bonchev–Trinajstić information content (AvgIpc) is 2.10. The van der Waals surface area contributed by atoms with Crippen LogP contribution in [0.15, 0.2) is 0 Å². The van der Waals surface area contributed by atoms with Gasteiger partial charge in [0.1, 0.15) is 0 Å². The molecule has 0 spiro atoms. The molecular formula is C9H18INO2. The molecule has 0 aromatic heterocycles. The lowest BCUT2D eigenvalue weighted by atomic mass is 10.0. The van der Waals surface area contributed by atoms with Crippen molar-refractivity contribution in [2.24, 2.45) is 11.7 Å². The van der Waals surface area contributed by atoms with Crippen molar-refractivity contribution < 1.29 is 9.53 Å². The van der Waals surface area contributed by atoms with Crippen molar-refractivity contribution in [3.63, 3.8) is 0 Å². The molecule has 4 heteroatoms. The van der Waals surface area contributed by atoms with Crippen LogP contribution in [-0.2, 0) is 9.53 Å². The van der Waals surface area contributed by atoms with Crippen molar-refractivity contribution in [1.29, 1.82) is 0 Å². The molecule has 0 aliphatic heterocycles. The van der Waals surface area contributed by atoms with Crippen LogP contribution in [0.4, 0.5) is 0 Å². The summed E-state index contributed by atoms with van der Waals surface area (Å²) < 4.78 is 4.87. The third-order valence-corrected chi connectivity index (χ3v) is 2.59. The van der Waals surface area contributed by atoms with Crippen LogP contribution in [0.3, 0.4) is 0 Å². The van der Waals surface area contributed by atoms with E-state index >= 15 is 0 Å². The quantitative estimate of drug-likeness (QED) is 0.269. The van der Waals surface area contributed by atoms with Gasteiger partial charge in [-0.15, -0.1) is 0 Å². The van der Waals surface area contributed by atoms with Gasteiger partial charge in [-0.05, 0) is 12.8 Å². The van der Waals surface area contributed by atoms with Gasteiger partial charge in [-0.1, -0.05) is 42.4 Å². The summed E-state index contributed by atoms with van der Waals surface area (Å²) in [5.74, 6) is -0.0887. The molecule has 13 heavy (non-hydrogen) atoms. The van der Waals surface area contributed by atoms with Crippen LogP contribution < -0.4 is 5.73 Å². The minimum atomic E-state index is -0.112. The number of alkyl halides is 1. The number of unbranched alkanes of at least 4 members (excludes halogenated alkanes) is 1. The van der Waals surface area contributed by atoms with E-state index in [2.05, 4.69) is 27.3 Å². The Balaban J connectivity index is 3.37. The molecular weight excluding hydrogens is 281 g/mol. The molecule has 0 saturated carbocycles. The van der Waals surface area contributed by atoms with Crippen LogP contribution in [0.2, 0.25) is 0 Å². The number of rotatable bonds is 6. The van der Waals surface area contributed by atoms with Gasteiger partial charge in [0.2, 0.25) is 0 Å². The predicted molar refractivity (Wildman–Crippen MR) is 61.6 cm³/mol. The summed E-state index contributed by atoms with van der Waals surface area (Å²) in [6, 6.07) is 0. The topological polar surface area (TPSA) is 52.3 Å². The number of hydrogen-bond donors (Lipinski definition) is 1. The van der Waals surface area contributed by atoms with Gasteiger partial charge < -0.3 is 10.5 Å². The highest BCUT2D eigenvalue weighted by atomic mass is 127. The van der Waals surface area contributed by atoms with E-state index in [1.165, 1.54) is 7.11 Å². The summed E-state index contributed by atoms with van der Waals surface area (Å²) in [5, 5.41) is 0. The van der Waals surface area contributed by atoms with Gasteiger partial charge in [0.25, 0.3) is 0 Å². The Kier molecular flexibility index (Phi) is 7.65. The molecule has 0 bridgehead atoms. The molecule has 1 unspecified atom stereocenters. The average molecular weight is 299 g/mol. The Morgan fingerprint density at radius 1 is 1.46 bits per heavy atom. The van der Waals surface area contributed by atoms with Crippen molar-refractivity contribution in [2.75, 3.05) is 7.11 Å². The van der Waals surface area contributed by atoms with Crippen molar-refractivity contribution in [3.8, 4) is 0 Å². The number of esters is 1. The van der Waals surface area contributed by atoms with Gasteiger partial charge in [0.05, 0.1) is 17.1 Å². The predicted octanol–water partition coefficient (Wildman–Crippen LogP) is 2.08. The molecule has 0 aromatic rings. The van der Waals surface area contributed by atoms with Crippen LogP contribution in [0.1, 0.15) is 32.6 Å². The Bertz CT molecular complexity index is 151. The molecule has 0 fully saturated rings. The first-order chi connectivity index (χ1) is 6.07. The zero-order valence-corrected chi connectivity index (χ0v) is 10.4. The molecule has 0 rings (SSSR count). The number of carbonyl (C=O) groups is 1. The molecule has 2 atom stereocenters. The van der Waals surface area contributed by atoms with Gasteiger partial charge in [-0.2, -0.15) is 0 Å². The van der Waals surface area contributed by atoms with E-state index in [0.717, 1.165) is 25.7 Å². The molecule has 0 heterocycles. The first-order valence-electron chi connectivity index (χ1n) is 4.55. The maximum Gasteiger partial charge on any atom is 0.308 e. The zero-order valence-electron chi connectivity index (χ0n) is 8.25. The summed E-state index contributed by atoms with van der Waals surface area (Å²) in [6.07, 6.45) is 4.06. The summed E-state index contributed by atoms with van der Waals surface area (Å²) in [7, 11) is 1.43. The smallest absolute Gasteiger partial charge is 0.308 e. The lowest BCUT2D eigenvalue weighted by molar-refractivity contribution is -0.145. The van der Waals surface area contributed by atoms with E-state index in [1.807, 2.05) is 6.92 Å². The van der Waals surface area contributed by atoms with Crippen molar-refractivity contribution in [2.45, 2.75) is 36.7 Å². The number of nitrogens with two attached hydrogens (primary N) is 1. The molecule has 2 N–H and O–H groups in total. The van der Waals surface area contributed by atoms with E-state index in [-0.39, 0.29) is 15.9 Å². The van der Waals surface area contributed by atoms with E-state index in [9.17, 15) is 4.79 Å². The lowest BCUT2D eigenvalue weighted by Crippen LogP contribution is -2.13. The molecule has 78 valence electrons. The lowest BCUT2D eigenvalue weighted by Gasteiger charge is -2.08. The fraction of sp³-hybridized carbons (Fsp3) is 0.889. The van der Waals surface area contributed by atoms with Crippen LogP contribution in [0, 0.1) is 5.92 Å².